The Labute approximate surface area is 243 Å². The number of esters is 1. The number of hydrogen-bond acceptors (Lipinski definition) is 4. The van der Waals surface area contributed by atoms with Crippen LogP contribution in [0.25, 0.3) is 11.1 Å². The van der Waals surface area contributed by atoms with Gasteiger partial charge in [0.1, 0.15) is 6.17 Å². The summed E-state index contributed by atoms with van der Waals surface area (Å²) in [5.41, 5.74) is 3.97. The summed E-state index contributed by atoms with van der Waals surface area (Å²) in [6.07, 6.45) is 0.742. The molecule has 0 aliphatic rings. The highest BCUT2D eigenvalue weighted by Gasteiger charge is 2.34. The smallest absolute Gasteiger partial charge is 0.338 e. The number of hydrogen-bond donors (Lipinski definition) is 3. The van der Waals surface area contributed by atoms with Gasteiger partial charge in [0.05, 0.1) is 18.6 Å². The van der Waals surface area contributed by atoms with Crippen molar-refractivity contribution in [1.29, 1.82) is 0 Å². The first kappa shape index (κ1) is 29.7. The predicted molar refractivity (Wildman–Crippen MR) is 159 cm³/mol. The van der Waals surface area contributed by atoms with Gasteiger partial charge in [-0.05, 0) is 59.6 Å². The van der Waals surface area contributed by atoms with Crippen LogP contribution in [0.15, 0.2) is 78.9 Å². The second-order valence-corrected chi connectivity index (χ2v) is 11.2. The largest absolute Gasteiger partial charge is 0.462 e. The van der Waals surface area contributed by atoms with Gasteiger partial charge < -0.3 is 20.7 Å². The summed E-state index contributed by atoms with van der Waals surface area (Å²) < 4.78 is 3.32. The van der Waals surface area contributed by atoms with E-state index in [0.717, 1.165) is 29.5 Å². The Morgan fingerprint density at radius 2 is 1.53 bits per heavy atom. The van der Waals surface area contributed by atoms with Gasteiger partial charge in [-0.3, -0.25) is 4.79 Å². The van der Waals surface area contributed by atoms with Crippen LogP contribution in [0.5, 0.6) is 0 Å². The molecule has 10 heteroatoms. The zero-order chi connectivity index (χ0) is 27.5. The average Bonchev–Trinajstić information content (AvgIpc) is 2.89. The first-order chi connectivity index (χ1) is 18.2. The maximum Gasteiger partial charge on any atom is 0.338 e. The topological polar surface area (TPSA) is 79.5 Å². The van der Waals surface area contributed by atoms with Crippen LogP contribution in [0.3, 0.4) is 0 Å². The summed E-state index contributed by atoms with van der Waals surface area (Å²) in [6, 6.07) is 24.2. The number of halogens is 3. The lowest BCUT2D eigenvalue weighted by atomic mass is 10.0. The predicted octanol–water partition coefficient (Wildman–Crippen LogP) is 6.65. The van der Waals surface area contributed by atoms with Crippen LogP contribution in [-0.4, -0.2) is 33.6 Å². The van der Waals surface area contributed by atoms with Crippen molar-refractivity contribution in [3.05, 3.63) is 90.0 Å². The summed E-state index contributed by atoms with van der Waals surface area (Å²) in [6.45, 7) is 2.40. The van der Waals surface area contributed by atoms with Crippen LogP contribution in [-0.2, 0) is 16.0 Å². The molecular weight excluding hydrogens is 565 g/mol. The van der Waals surface area contributed by atoms with Gasteiger partial charge in [0, 0.05) is 5.69 Å². The summed E-state index contributed by atoms with van der Waals surface area (Å²) in [5, 5.41) is 8.57. The van der Waals surface area contributed by atoms with Crippen LogP contribution >= 0.6 is 47.0 Å². The Kier molecular flexibility index (Phi) is 11.2. The van der Waals surface area contributed by atoms with Crippen molar-refractivity contribution < 1.29 is 14.3 Å². The number of nitrogens with one attached hydrogen (secondary N) is 3. The highest BCUT2D eigenvalue weighted by molar-refractivity contribution is 7.80. The molecule has 0 saturated carbocycles. The maximum atomic E-state index is 12.7. The minimum Gasteiger partial charge on any atom is -0.462 e. The van der Waals surface area contributed by atoms with Crippen LogP contribution < -0.4 is 16.0 Å². The molecule has 0 saturated heterocycles. The standard InChI is InChI=1S/C28H28Cl3N3O3S/c1-2-3-17-37-25(36)22-13-15-23(16-14-22)32-27(38)34-26(28(29,30)31)33-24(35)18-19-9-11-21(12-10-19)20-7-5-4-6-8-20/h4-16,26H,2-3,17-18H2,1H3,(H,33,35)(H2,32,34,38). The first-order valence-corrected chi connectivity index (χ1v) is 13.5. The van der Waals surface area contributed by atoms with Gasteiger partial charge in [0.15, 0.2) is 5.11 Å². The molecule has 1 unspecified atom stereocenters. The van der Waals surface area contributed by atoms with Crippen molar-refractivity contribution >= 4 is 69.7 Å². The average molecular weight is 593 g/mol. The van der Waals surface area contributed by atoms with Crippen LogP contribution in [0, 0.1) is 0 Å². The molecule has 1 amide bonds. The van der Waals surface area contributed by atoms with E-state index in [0.29, 0.717) is 17.9 Å². The number of amides is 1. The Hall–Kier alpha value is -2.84. The summed E-state index contributed by atoms with van der Waals surface area (Å²) in [4.78, 5) is 24.8. The third kappa shape index (κ3) is 9.48. The molecule has 3 aromatic carbocycles. The lowest BCUT2D eigenvalue weighted by molar-refractivity contribution is -0.121. The molecule has 0 spiro atoms. The molecule has 0 bridgehead atoms. The first-order valence-electron chi connectivity index (χ1n) is 12.0. The number of anilines is 1. The van der Waals surface area contributed by atoms with E-state index in [1.807, 2.05) is 61.5 Å². The van der Waals surface area contributed by atoms with E-state index in [1.54, 1.807) is 24.3 Å². The Morgan fingerprint density at radius 1 is 0.895 bits per heavy atom. The van der Waals surface area contributed by atoms with Gasteiger partial charge in [-0.2, -0.15) is 0 Å². The molecule has 0 fully saturated rings. The number of rotatable bonds is 10. The van der Waals surface area contributed by atoms with E-state index in [9.17, 15) is 9.59 Å². The van der Waals surface area contributed by atoms with Crippen molar-refractivity contribution in [2.75, 3.05) is 11.9 Å². The fraction of sp³-hybridized carbons (Fsp3) is 0.250. The second kappa shape index (κ2) is 14.4. The number of carbonyl (C=O) groups excluding carboxylic acids is 2. The zero-order valence-corrected chi connectivity index (χ0v) is 23.8. The molecule has 38 heavy (non-hydrogen) atoms. The van der Waals surface area contributed by atoms with E-state index in [2.05, 4.69) is 16.0 Å². The summed E-state index contributed by atoms with van der Waals surface area (Å²) in [5.74, 6) is -0.741. The quantitative estimate of drug-likeness (QED) is 0.0804. The molecule has 0 aliphatic heterocycles. The lowest BCUT2D eigenvalue weighted by Gasteiger charge is -2.27. The number of alkyl halides is 3. The van der Waals surface area contributed by atoms with Crippen LogP contribution in [0.2, 0.25) is 0 Å². The van der Waals surface area contributed by atoms with Gasteiger partial charge in [-0.25, -0.2) is 4.79 Å². The molecule has 0 aromatic heterocycles. The molecule has 3 N–H and O–H groups in total. The third-order valence-corrected chi connectivity index (χ3v) is 6.32. The van der Waals surface area contributed by atoms with E-state index < -0.39 is 9.96 Å². The Morgan fingerprint density at radius 3 is 2.13 bits per heavy atom. The molecular formula is C28H28Cl3N3O3S. The monoisotopic (exact) mass is 591 g/mol. The normalized spacial score (nSPS) is 11.8. The number of carbonyl (C=O) groups is 2. The molecule has 1 atom stereocenters. The van der Waals surface area contributed by atoms with Gasteiger partial charge in [-0.15, -0.1) is 0 Å². The number of unbranched alkanes of at least 4 members (excludes halogenated alkanes) is 1. The van der Waals surface area contributed by atoms with Crippen molar-refractivity contribution in [2.45, 2.75) is 36.1 Å². The van der Waals surface area contributed by atoms with E-state index in [1.165, 1.54) is 0 Å². The summed E-state index contributed by atoms with van der Waals surface area (Å²) >= 11 is 23.7. The highest BCUT2D eigenvalue weighted by atomic mass is 35.6. The molecule has 0 heterocycles. The van der Waals surface area contributed by atoms with E-state index in [4.69, 9.17) is 51.8 Å². The van der Waals surface area contributed by atoms with Crippen molar-refractivity contribution in [2.24, 2.45) is 0 Å². The number of benzene rings is 3. The number of ether oxygens (including phenoxy) is 1. The number of thiocarbonyl (C=S) groups is 1. The van der Waals surface area contributed by atoms with Gasteiger partial charge in [0.2, 0.25) is 9.70 Å². The molecule has 3 aromatic rings. The van der Waals surface area contributed by atoms with Gasteiger partial charge >= 0.3 is 5.97 Å². The molecule has 0 aliphatic carbocycles. The summed E-state index contributed by atoms with van der Waals surface area (Å²) in [7, 11) is 0. The fourth-order valence-electron chi connectivity index (χ4n) is 3.42. The highest BCUT2D eigenvalue weighted by Crippen LogP contribution is 2.29. The van der Waals surface area contributed by atoms with Crippen LogP contribution in [0.1, 0.15) is 35.7 Å². The maximum absolute atomic E-state index is 12.7. The van der Waals surface area contributed by atoms with Gasteiger partial charge in [-0.1, -0.05) is 103 Å². The zero-order valence-electron chi connectivity index (χ0n) is 20.7. The molecule has 0 radical (unpaired) electrons. The third-order valence-electron chi connectivity index (χ3n) is 5.44. The van der Waals surface area contributed by atoms with Crippen molar-refractivity contribution in [3.63, 3.8) is 0 Å². The van der Waals surface area contributed by atoms with E-state index >= 15 is 0 Å². The van der Waals surface area contributed by atoms with Crippen molar-refractivity contribution in [1.82, 2.24) is 10.6 Å². The SMILES string of the molecule is CCCCOC(=O)c1ccc(NC(=S)NC(NC(=O)Cc2ccc(-c3ccccc3)cc2)C(Cl)(Cl)Cl)cc1. The van der Waals surface area contributed by atoms with Crippen LogP contribution in [0.4, 0.5) is 5.69 Å². The Bertz CT molecular complexity index is 1220. The Balaban J connectivity index is 1.54. The van der Waals surface area contributed by atoms with Crippen molar-refractivity contribution in [3.8, 4) is 11.1 Å². The fourth-order valence-corrected chi connectivity index (χ4v) is 3.99. The van der Waals surface area contributed by atoms with E-state index in [-0.39, 0.29) is 23.4 Å². The minimum absolute atomic E-state index is 0.0873. The molecule has 3 rings (SSSR count). The molecule has 200 valence electrons. The van der Waals surface area contributed by atoms with Gasteiger partial charge in [0.25, 0.3) is 0 Å². The molecule has 6 nitrogen and oxygen atoms in total. The minimum atomic E-state index is -1.88. The lowest BCUT2D eigenvalue weighted by Crippen LogP contribution is -2.56. The second-order valence-electron chi connectivity index (χ2n) is 8.45.